The van der Waals surface area contributed by atoms with Crippen LogP contribution in [0.15, 0.2) is 30.1 Å². The van der Waals surface area contributed by atoms with E-state index < -0.39 is 81.4 Å². The van der Waals surface area contributed by atoms with E-state index in [9.17, 15) is 19.4 Å². The van der Waals surface area contributed by atoms with Gasteiger partial charge in [-0.05, 0) is 11.8 Å². The minimum absolute atomic E-state index is 0.00786. The fourth-order valence-electron chi connectivity index (χ4n) is 5.23. The molecule has 3 aliphatic heterocycles. The summed E-state index contributed by atoms with van der Waals surface area (Å²) in [5.74, 6) is -2.62. The number of nitrogens with one attached hydrogen (secondary N) is 1. The van der Waals surface area contributed by atoms with E-state index >= 15 is 4.39 Å². The monoisotopic (exact) mass is 693 g/mol. The number of aromatic amines is 1. The van der Waals surface area contributed by atoms with Crippen LogP contribution in [0.25, 0.3) is 22.3 Å². The third kappa shape index (κ3) is 5.08. The lowest BCUT2D eigenvalue weighted by molar-refractivity contribution is -0.0602. The Hall–Kier alpha value is -2.46. The van der Waals surface area contributed by atoms with Gasteiger partial charge in [-0.15, -0.1) is 0 Å². The van der Waals surface area contributed by atoms with E-state index in [-0.39, 0.29) is 28.1 Å². The zero-order valence-corrected chi connectivity index (χ0v) is 25.4. The number of thiol groups is 1. The highest BCUT2D eigenvalue weighted by Crippen LogP contribution is 2.59. The number of ether oxygens (including phenoxy) is 2. The number of alkyl halides is 1. The van der Waals surface area contributed by atoms with E-state index in [4.69, 9.17) is 45.1 Å². The van der Waals surface area contributed by atoms with Gasteiger partial charge in [-0.2, -0.15) is 0 Å². The first-order valence-corrected chi connectivity index (χ1v) is 18.0. The van der Waals surface area contributed by atoms with Crippen molar-refractivity contribution in [3.63, 3.8) is 0 Å². The molecule has 0 radical (unpaired) electrons. The zero-order chi connectivity index (χ0) is 31.0. The van der Waals surface area contributed by atoms with Gasteiger partial charge < -0.3 is 34.7 Å². The first-order valence-electron chi connectivity index (χ1n) is 12.7. The Bertz CT molecular complexity index is 1910. The predicted octanol–water partition coefficient (Wildman–Crippen LogP) is -0.107. The molecule has 0 aliphatic carbocycles. The van der Waals surface area contributed by atoms with Gasteiger partial charge in [0.15, 0.2) is 35.0 Å². The Balaban J connectivity index is 1.23. The summed E-state index contributed by atoms with van der Waals surface area (Å²) < 4.78 is 66.5. The number of H-pyrrole nitrogens is 1. The van der Waals surface area contributed by atoms with Crippen molar-refractivity contribution < 1.29 is 46.5 Å². The molecule has 4 aromatic rings. The standard InChI is InChI=1S/C20H22FN9O10P2S2/c21-20(30-7-28-10-15(22)23-4-25-17(10)30)3-35-9-2-37-41(33,43)39-13-12(31)8(1-36-42(34,44)40-14(9)20)38-19(13)29-6-27-11-16(29)24-5-26-18(11)32/h4-9,12-14,19,31H,1-3H2,(H,33,43)(H,34,44)(H2,22,23,25)(H,24,26,32)/t8-,9-,12-,13-,14-,19-,20?,41?,42?/m1/s1. The van der Waals surface area contributed by atoms with Gasteiger partial charge in [-0.3, -0.25) is 27.5 Å². The maximum absolute atomic E-state index is 16.9. The maximum atomic E-state index is 16.9. The highest BCUT2D eigenvalue weighted by molar-refractivity contribution is 8.44. The van der Waals surface area contributed by atoms with Crippen LogP contribution in [-0.4, -0.2) is 99.4 Å². The number of anilines is 1. The van der Waals surface area contributed by atoms with Gasteiger partial charge in [0.1, 0.15) is 42.9 Å². The first-order chi connectivity index (χ1) is 20.9. The number of hydrogen-bond donors (Lipinski definition) is 5. The number of fused-ring (bicyclic) bond motifs is 5. The summed E-state index contributed by atoms with van der Waals surface area (Å²) in [6.07, 6.45) is -4.06. The van der Waals surface area contributed by atoms with Gasteiger partial charge in [0, 0.05) is 0 Å². The van der Waals surface area contributed by atoms with Crippen LogP contribution in [-0.2, 0) is 49.7 Å². The second-order valence-electron chi connectivity index (χ2n) is 9.95. The van der Waals surface area contributed by atoms with Gasteiger partial charge in [0.05, 0.1) is 32.2 Å². The Kier molecular flexibility index (Phi) is 7.43. The molecule has 0 saturated carbocycles. The molecule has 0 spiro atoms. The molecule has 3 fully saturated rings. The number of aromatic nitrogens is 8. The number of hydrogen-bond acceptors (Lipinski definition) is 16. The summed E-state index contributed by atoms with van der Waals surface area (Å²) in [6.45, 7) is -10.6. The lowest BCUT2D eigenvalue weighted by atomic mass is 10.1. The van der Waals surface area contributed by atoms with Gasteiger partial charge in [0.2, 0.25) is 5.79 Å². The Labute approximate surface area is 254 Å². The average molecular weight is 694 g/mol. The van der Waals surface area contributed by atoms with E-state index in [1.807, 2.05) is 0 Å². The minimum atomic E-state index is -4.45. The van der Waals surface area contributed by atoms with Crippen LogP contribution in [0.5, 0.6) is 0 Å². The van der Waals surface area contributed by atoms with Gasteiger partial charge in [-0.1, -0.05) is 12.2 Å². The fraction of sp³-hybridized carbons (Fsp3) is 0.500. The van der Waals surface area contributed by atoms with Crippen LogP contribution in [0.4, 0.5) is 10.2 Å². The summed E-state index contributed by atoms with van der Waals surface area (Å²) >= 11 is 9.25. The molecule has 0 aromatic carbocycles. The van der Waals surface area contributed by atoms with Crippen molar-refractivity contribution in [2.45, 2.75) is 42.5 Å². The molecule has 5 N–H and O–H groups in total. The van der Waals surface area contributed by atoms with E-state index in [0.717, 1.165) is 23.5 Å². The molecular weight excluding hydrogens is 671 g/mol. The number of nitrogens with two attached hydrogens (primary N) is 1. The molecule has 4 aromatic heterocycles. The minimum Gasteiger partial charge on any atom is -0.387 e. The average Bonchev–Trinajstić information content (AvgIpc) is 3.73. The number of imidazole rings is 2. The number of aliphatic hydroxyl groups excluding tert-OH is 1. The van der Waals surface area contributed by atoms with E-state index in [0.29, 0.717) is 0 Å². The summed E-state index contributed by atoms with van der Waals surface area (Å²) in [6, 6.07) is 0. The third-order valence-corrected chi connectivity index (χ3v) is 10.5. The van der Waals surface area contributed by atoms with Gasteiger partial charge >= 0.3 is 13.5 Å². The van der Waals surface area contributed by atoms with E-state index in [2.05, 4.69) is 42.2 Å². The highest BCUT2D eigenvalue weighted by Gasteiger charge is 2.58. The van der Waals surface area contributed by atoms with Crippen molar-refractivity contribution >= 4 is 65.7 Å². The summed E-state index contributed by atoms with van der Waals surface area (Å²) in [5, 5.41) is 11.1. The lowest BCUT2D eigenvalue weighted by Crippen LogP contribution is -2.45. The lowest BCUT2D eigenvalue weighted by Gasteiger charge is -2.31. The Morgan fingerprint density at radius 3 is 2.70 bits per heavy atom. The molecule has 9 atom stereocenters. The molecule has 3 unspecified atom stereocenters. The first kappa shape index (κ1) is 30.2. The van der Waals surface area contributed by atoms with Crippen molar-refractivity contribution in [3.8, 4) is 0 Å². The molecule has 24 heteroatoms. The van der Waals surface area contributed by atoms with Crippen LogP contribution < -0.4 is 11.3 Å². The second kappa shape index (κ2) is 10.8. The smallest absolute Gasteiger partial charge is 0.386 e. The largest absolute Gasteiger partial charge is 0.387 e. The number of halogens is 1. The molecule has 7 heterocycles. The molecule has 3 saturated heterocycles. The number of nitrogen functional groups attached to an aromatic ring is 1. The number of rotatable bonds is 2. The summed E-state index contributed by atoms with van der Waals surface area (Å²) in [4.78, 5) is 45.7. The molecule has 7 rings (SSSR count). The molecule has 0 amide bonds. The van der Waals surface area contributed by atoms with Crippen LogP contribution in [0.2, 0.25) is 0 Å². The van der Waals surface area contributed by atoms with Crippen molar-refractivity contribution in [2.24, 2.45) is 0 Å². The fourth-order valence-corrected chi connectivity index (χ4v) is 8.13. The molecule has 44 heavy (non-hydrogen) atoms. The SMILES string of the molecule is Nc1ncnc2c1ncn2C1(F)CO[C@@H]2COP(O)(=S)O[C@@H]3[C@H](O)[C@@H](COP(=O)(S)O[C@H]21)O[C@H]3n1cnc2c(=O)[nH]cnc21. The number of nitrogens with zero attached hydrogens (tertiary/aromatic N) is 7. The third-order valence-electron chi connectivity index (χ3n) is 7.29. The topological polar surface area (TPSA) is 246 Å². The van der Waals surface area contributed by atoms with Gasteiger partial charge in [-0.25, -0.2) is 33.9 Å². The predicted molar refractivity (Wildman–Crippen MR) is 151 cm³/mol. The summed E-state index contributed by atoms with van der Waals surface area (Å²) in [7, 11) is 0. The van der Waals surface area contributed by atoms with Crippen LogP contribution >= 0.6 is 25.8 Å². The van der Waals surface area contributed by atoms with E-state index in [1.165, 1.54) is 10.9 Å². The zero-order valence-electron chi connectivity index (χ0n) is 21.9. The van der Waals surface area contributed by atoms with Gasteiger partial charge in [0.25, 0.3) is 5.56 Å². The summed E-state index contributed by atoms with van der Waals surface area (Å²) in [5.41, 5.74) is 5.43. The number of aliphatic hydroxyl groups is 1. The van der Waals surface area contributed by atoms with Crippen LogP contribution in [0.1, 0.15) is 6.23 Å². The van der Waals surface area contributed by atoms with Crippen LogP contribution in [0, 0.1) is 0 Å². The molecule has 2 bridgehead atoms. The molecule has 3 aliphatic rings. The molecule has 236 valence electrons. The van der Waals surface area contributed by atoms with Crippen molar-refractivity contribution in [1.29, 1.82) is 0 Å². The Morgan fingerprint density at radius 1 is 1.11 bits per heavy atom. The van der Waals surface area contributed by atoms with Crippen LogP contribution in [0.3, 0.4) is 0 Å². The molecule has 19 nitrogen and oxygen atoms in total. The van der Waals surface area contributed by atoms with Crippen molar-refractivity contribution in [1.82, 2.24) is 39.0 Å². The second-order valence-corrected chi connectivity index (χ2v) is 15.6. The Morgan fingerprint density at radius 2 is 1.89 bits per heavy atom. The molecular formula is C20H22FN9O10P2S2. The highest BCUT2D eigenvalue weighted by atomic mass is 32.7. The maximum Gasteiger partial charge on any atom is 0.386 e. The quantitative estimate of drug-likeness (QED) is 0.136. The van der Waals surface area contributed by atoms with E-state index in [1.54, 1.807) is 0 Å². The van der Waals surface area contributed by atoms with Crippen molar-refractivity contribution in [3.05, 3.63) is 35.7 Å². The normalized spacial score (nSPS) is 38.3. The van der Waals surface area contributed by atoms with Crippen molar-refractivity contribution in [2.75, 3.05) is 25.6 Å².